The van der Waals surface area contributed by atoms with Crippen molar-refractivity contribution in [3.05, 3.63) is 29.3 Å². The number of benzene rings is 1. The number of rotatable bonds is 0. The smallest absolute Gasteiger partial charge is 0.121 e. The Morgan fingerprint density at radius 1 is 1.25 bits per heavy atom. The van der Waals surface area contributed by atoms with Crippen molar-refractivity contribution >= 4 is 32.3 Å². The molecule has 0 aliphatic heterocycles. The maximum Gasteiger partial charge on any atom is 0.178 e. The molecular formula is C6H4AlCl. The van der Waals surface area contributed by atoms with Gasteiger partial charge in [0.1, 0.15) is 0 Å². The average molecular weight is 139 g/mol. The van der Waals surface area contributed by atoms with E-state index in [1.165, 1.54) is 0 Å². The second-order valence-corrected chi connectivity index (χ2v) is 2.55. The van der Waals surface area contributed by atoms with Gasteiger partial charge in [-0.15, -0.1) is 4.43 Å². The van der Waals surface area contributed by atoms with Crippen LogP contribution in [0.3, 0.4) is 0 Å². The highest BCUT2D eigenvalue weighted by Crippen LogP contribution is 2.00. The first-order valence-corrected chi connectivity index (χ1v) is 3.26. The molecule has 0 fully saturated rings. The van der Waals surface area contributed by atoms with Crippen molar-refractivity contribution in [2.24, 2.45) is 0 Å². The molecule has 0 aliphatic rings. The third-order valence-corrected chi connectivity index (χ3v) is 1.94. The van der Waals surface area contributed by atoms with Crippen LogP contribution in [0.1, 0.15) is 0 Å². The quantitative estimate of drug-likeness (QED) is 0.472. The second kappa shape index (κ2) is 2.55. The molecule has 0 aromatic heterocycles. The first kappa shape index (κ1) is 6.17. The average Bonchev–Trinajstić information content (AvgIpc) is 1.77. The fourth-order valence-electron chi connectivity index (χ4n) is 0.475. The van der Waals surface area contributed by atoms with Crippen molar-refractivity contribution in [1.82, 2.24) is 0 Å². The largest absolute Gasteiger partial charge is 0.178 e. The van der Waals surface area contributed by atoms with E-state index in [1.807, 2.05) is 24.3 Å². The maximum atomic E-state index is 5.69. The molecule has 0 unspecified atom stereocenters. The van der Waals surface area contributed by atoms with E-state index < -0.39 is 0 Å². The van der Waals surface area contributed by atoms with Gasteiger partial charge in [0.2, 0.25) is 0 Å². The van der Waals surface area contributed by atoms with Gasteiger partial charge in [-0.05, 0) is 6.07 Å². The summed E-state index contributed by atoms with van der Waals surface area (Å²) in [7, 11) is 0. The molecule has 1 aromatic carbocycles. The van der Waals surface area contributed by atoms with E-state index in [-0.39, 0.29) is 0 Å². The molecule has 1 aromatic rings. The van der Waals surface area contributed by atoms with Crippen molar-refractivity contribution < 1.29 is 0 Å². The van der Waals surface area contributed by atoms with E-state index in [0.717, 1.165) is 9.45 Å². The normalized spacial score (nSPS) is 9.12. The van der Waals surface area contributed by atoms with Crippen LogP contribution in [0, 0.1) is 0 Å². The maximum absolute atomic E-state index is 5.69. The van der Waals surface area contributed by atoms with Crippen molar-refractivity contribution in [2.45, 2.75) is 0 Å². The second-order valence-electron chi connectivity index (χ2n) is 1.52. The molecule has 2 radical (unpaired) electrons. The van der Waals surface area contributed by atoms with Crippen LogP contribution in [-0.2, 0) is 0 Å². The highest BCUT2D eigenvalue weighted by molar-refractivity contribution is 6.44. The van der Waals surface area contributed by atoms with Gasteiger partial charge in [-0.2, -0.15) is 0 Å². The lowest BCUT2D eigenvalue weighted by atomic mass is 10.4. The minimum absolute atomic E-state index is 0.803. The van der Waals surface area contributed by atoms with Crippen molar-refractivity contribution in [3.8, 4) is 0 Å². The molecule has 2 heteroatoms. The van der Waals surface area contributed by atoms with Crippen LogP contribution in [0.4, 0.5) is 0 Å². The summed E-state index contributed by atoms with van der Waals surface area (Å²) in [5.41, 5.74) is 0. The standard InChI is InChI=1S/C6H4Cl.Al/c7-6-4-2-1-3-5-6;/h1-4H;. The molecule has 1 rings (SSSR count). The summed E-state index contributed by atoms with van der Waals surface area (Å²) >= 11 is 8.24. The monoisotopic (exact) mass is 138 g/mol. The summed E-state index contributed by atoms with van der Waals surface area (Å²) < 4.78 is 1.05. The Hall–Kier alpha value is 0.0425. The minimum atomic E-state index is 0.803. The van der Waals surface area contributed by atoms with E-state index in [0.29, 0.717) is 0 Å². The zero-order valence-electron chi connectivity index (χ0n) is 4.26. The van der Waals surface area contributed by atoms with Gasteiger partial charge in [0.15, 0.2) is 16.3 Å². The fourth-order valence-corrected chi connectivity index (χ4v) is 0.818. The van der Waals surface area contributed by atoms with E-state index >= 15 is 0 Å². The molecule has 0 nitrogen and oxygen atoms in total. The van der Waals surface area contributed by atoms with Gasteiger partial charge >= 0.3 is 0 Å². The van der Waals surface area contributed by atoms with E-state index in [4.69, 9.17) is 11.6 Å². The molecule has 0 atom stereocenters. The van der Waals surface area contributed by atoms with Gasteiger partial charge in [0, 0.05) is 5.02 Å². The topological polar surface area (TPSA) is 0 Å². The molecule has 0 bridgehead atoms. The minimum Gasteiger partial charge on any atom is -0.121 e. The summed E-state index contributed by atoms with van der Waals surface area (Å²) in [5.74, 6) is 0. The van der Waals surface area contributed by atoms with E-state index in [9.17, 15) is 0 Å². The van der Waals surface area contributed by atoms with Crippen LogP contribution in [0.25, 0.3) is 0 Å². The molecule has 0 amide bonds. The zero-order valence-corrected chi connectivity index (χ0v) is 6.18. The van der Waals surface area contributed by atoms with Gasteiger partial charge in [0.05, 0.1) is 0 Å². The first-order chi connectivity index (χ1) is 3.80. The predicted octanol–water partition coefficient (Wildman–Crippen LogP) is 1.13. The van der Waals surface area contributed by atoms with Crippen molar-refractivity contribution in [2.75, 3.05) is 0 Å². The Morgan fingerprint density at radius 2 is 1.88 bits per heavy atom. The molecule has 38 valence electrons. The van der Waals surface area contributed by atoms with E-state index in [1.54, 1.807) is 0 Å². The number of halogens is 1. The Bertz CT molecular complexity index is 165. The van der Waals surface area contributed by atoms with Crippen LogP contribution >= 0.6 is 11.6 Å². The number of hydrogen-bond donors (Lipinski definition) is 0. The van der Waals surface area contributed by atoms with Gasteiger partial charge in [-0.25, -0.2) is 0 Å². The lowest BCUT2D eigenvalue weighted by molar-refractivity contribution is 1.77. The summed E-state index contributed by atoms with van der Waals surface area (Å²) in [5, 5.41) is 0.803. The molecule has 0 aliphatic carbocycles. The summed E-state index contributed by atoms with van der Waals surface area (Å²) in [6.45, 7) is 0. The SMILES string of the molecule is [Al][c]1ccccc1Cl. The Morgan fingerprint density at radius 3 is 2.25 bits per heavy atom. The third-order valence-electron chi connectivity index (χ3n) is 0.905. The first-order valence-electron chi connectivity index (χ1n) is 2.31. The van der Waals surface area contributed by atoms with Gasteiger partial charge < -0.3 is 0 Å². The summed E-state index contributed by atoms with van der Waals surface area (Å²) in [4.78, 5) is 0. The van der Waals surface area contributed by atoms with Gasteiger partial charge in [-0.3, -0.25) is 0 Å². The van der Waals surface area contributed by atoms with Crippen LogP contribution in [0.15, 0.2) is 24.3 Å². The highest BCUT2D eigenvalue weighted by Gasteiger charge is 1.85. The third kappa shape index (κ3) is 1.26. The Balaban J connectivity index is 3.13. The van der Waals surface area contributed by atoms with E-state index in [2.05, 4.69) is 16.3 Å². The molecule has 8 heavy (non-hydrogen) atoms. The Labute approximate surface area is 61.9 Å². The van der Waals surface area contributed by atoms with Gasteiger partial charge in [0.25, 0.3) is 0 Å². The van der Waals surface area contributed by atoms with Crippen molar-refractivity contribution in [1.29, 1.82) is 0 Å². The molecule has 0 spiro atoms. The van der Waals surface area contributed by atoms with Gasteiger partial charge in [-0.1, -0.05) is 29.8 Å². The van der Waals surface area contributed by atoms with Crippen LogP contribution in [-0.4, -0.2) is 16.3 Å². The van der Waals surface area contributed by atoms with Crippen LogP contribution in [0.2, 0.25) is 5.02 Å². The predicted molar refractivity (Wildman–Crippen MR) is 36.8 cm³/mol. The zero-order chi connectivity index (χ0) is 5.98. The lowest BCUT2D eigenvalue weighted by Crippen LogP contribution is -2.00. The molecule has 0 saturated carbocycles. The molecular weight excluding hydrogens is 135 g/mol. The van der Waals surface area contributed by atoms with Crippen LogP contribution in [0.5, 0.6) is 0 Å². The molecule has 0 saturated heterocycles. The lowest BCUT2D eigenvalue weighted by Gasteiger charge is -1.92. The number of hydrogen-bond acceptors (Lipinski definition) is 0. The highest BCUT2D eigenvalue weighted by atomic mass is 35.5. The summed E-state index contributed by atoms with van der Waals surface area (Å²) in [6, 6.07) is 7.68. The summed E-state index contributed by atoms with van der Waals surface area (Å²) in [6.07, 6.45) is 0. The van der Waals surface area contributed by atoms with Crippen molar-refractivity contribution in [3.63, 3.8) is 0 Å². The fraction of sp³-hybridized carbons (Fsp3) is 0. The van der Waals surface area contributed by atoms with Crippen LogP contribution < -0.4 is 4.43 Å². The molecule has 0 heterocycles. The Kier molecular flexibility index (Phi) is 1.97. The molecule has 0 N–H and O–H groups in total.